The zero-order valence-corrected chi connectivity index (χ0v) is 12.5. The van der Waals surface area contributed by atoms with Crippen molar-refractivity contribution in [3.63, 3.8) is 0 Å². The Hall–Kier alpha value is -1.39. The molecule has 4 nitrogen and oxygen atoms in total. The van der Waals surface area contributed by atoms with Gasteiger partial charge in [-0.3, -0.25) is 0 Å². The molecule has 0 bridgehead atoms. The standard InChI is InChI=1S/C16H24N4/c1-19(2)11-12-20-15-6-4-3-5-14(15)18-16(20)13-7-9-17-10-8-13/h3-6,13,17H,7-12H2,1-2H3. The fourth-order valence-electron chi connectivity index (χ4n) is 3.02. The molecule has 2 aromatic rings. The summed E-state index contributed by atoms with van der Waals surface area (Å²) >= 11 is 0. The van der Waals surface area contributed by atoms with Gasteiger partial charge in [-0.1, -0.05) is 12.1 Å². The van der Waals surface area contributed by atoms with E-state index in [0.717, 1.165) is 31.7 Å². The van der Waals surface area contributed by atoms with Crippen LogP contribution in [0.3, 0.4) is 0 Å². The van der Waals surface area contributed by atoms with E-state index in [2.05, 4.69) is 53.1 Å². The average Bonchev–Trinajstić information content (AvgIpc) is 2.84. The second-order valence-corrected chi connectivity index (χ2v) is 5.94. The van der Waals surface area contributed by atoms with Crippen molar-refractivity contribution in [1.82, 2.24) is 19.8 Å². The number of hydrogen-bond donors (Lipinski definition) is 1. The zero-order chi connectivity index (χ0) is 13.9. The zero-order valence-electron chi connectivity index (χ0n) is 12.5. The molecule has 1 aromatic carbocycles. The van der Waals surface area contributed by atoms with Gasteiger partial charge in [-0.15, -0.1) is 0 Å². The number of aromatic nitrogens is 2. The van der Waals surface area contributed by atoms with Crippen LogP contribution in [0.5, 0.6) is 0 Å². The van der Waals surface area contributed by atoms with Crippen molar-refractivity contribution >= 4 is 11.0 Å². The smallest absolute Gasteiger partial charge is 0.113 e. The van der Waals surface area contributed by atoms with Crippen LogP contribution >= 0.6 is 0 Å². The Kier molecular flexibility index (Phi) is 4.03. The first-order chi connectivity index (χ1) is 9.75. The van der Waals surface area contributed by atoms with Crippen LogP contribution in [0.15, 0.2) is 24.3 Å². The van der Waals surface area contributed by atoms with Gasteiger partial charge < -0.3 is 14.8 Å². The van der Waals surface area contributed by atoms with Crippen LogP contribution in [0.1, 0.15) is 24.6 Å². The Morgan fingerprint density at radius 3 is 2.75 bits per heavy atom. The predicted molar refractivity (Wildman–Crippen MR) is 83.1 cm³/mol. The molecule has 0 unspecified atom stereocenters. The van der Waals surface area contributed by atoms with Gasteiger partial charge in [-0.05, 0) is 52.2 Å². The van der Waals surface area contributed by atoms with E-state index in [1.807, 2.05) is 0 Å². The Morgan fingerprint density at radius 1 is 1.25 bits per heavy atom. The highest BCUT2D eigenvalue weighted by molar-refractivity contribution is 5.76. The third-order valence-electron chi connectivity index (χ3n) is 4.16. The molecule has 1 aliphatic rings. The molecular weight excluding hydrogens is 248 g/mol. The number of nitrogens with one attached hydrogen (secondary N) is 1. The molecule has 0 radical (unpaired) electrons. The van der Waals surface area contributed by atoms with E-state index in [0.29, 0.717) is 5.92 Å². The predicted octanol–water partition coefficient (Wildman–Crippen LogP) is 2.06. The minimum Gasteiger partial charge on any atom is -0.326 e. The van der Waals surface area contributed by atoms with Crippen LogP contribution < -0.4 is 5.32 Å². The normalized spacial score (nSPS) is 17.1. The van der Waals surface area contributed by atoms with Crippen molar-refractivity contribution in [3.8, 4) is 0 Å². The number of likely N-dealkylation sites (N-methyl/N-ethyl adjacent to an activating group) is 1. The highest BCUT2D eigenvalue weighted by atomic mass is 15.1. The van der Waals surface area contributed by atoms with Gasteiger partial charge in [0.1, 0.15) is 5.82 Å². The summed E-state index contributed by atoms with van der Waals surface area (Å²) in [6.07, 6.45) is 2.40. The number of imidazole rings is 1. The van der Waals surface area contributed by atoms with Crippen molar-refractivity contribution in [2.75, 3.05) is 33.7 Å². The molecule has 1 aliphatic heterocycles. The topological polar surface area (TPSA) is 33.1 Å². The third kappa shape index (κ3) is 2.72. The van der Waals surface area contributed by atoms with E-state index in [9.17, 15) is 0 Å². The molecule has 1 N–H and O–H groups in total. The van der Waals surface area contributed by atoms with Crippen LogP contribution in [-0.2, 0) is 6.54 Å². The van der Waals surface area contributed by atoms with Crippen molar-refractivity contribution in [2.24, 2.45) is 0 Å². The third-order valence-corrected chi connectivity index (χ3v) is 4.16. The molecule has 1 aromatic heterocycles. The molecule has 0 atom stereocenters. The van der Waals surface area contributed by atoms with Crippen molar-refractivity contribution < 1.29 is 0 Å². The summed E-state index contributed by atoms with van der Waals surface area (Å²) in [5.41, 5.74) is 2.42. The Balaban J connectivity index is 1.97. The fourth-order valence-corrected chi connectivity index (χ4v) is 3.02. The molecular formula is C16H24N4. The van der Waals surface area contributed by atoms with Crippen LogP contribution in [0.2, 0.25) is 0 Å². The second kappa shape index (κ2) is 5.94. The van der Waals surface area contributed by atoms with Crippen molar-refractivity contribution in [3.05, 3.63) is 30.1 Å². The average molecular weight is 272 g/mol. The molecule has 0 amide bonds. The van der Waals surface area contributed by atoms with Gasteiger partial charge in [0.05, 0.1) is 11.0 Å². The van der Waals surface area contributed by atoms with E-state index in [-0.39, 0.29) is 0 Å². The van der Waals surface area contributed by atoms with E-state index in [4.69, 9.17) is 4.98 Å². The molecule has 1 fully saturated rings. The molecule has 0 aliphatic carbocycles. The van der Waals surface area contributed by atoms with Gasteiger partial charge >= 0.3 is 0 Å². The summed E-state index contributed by atoms with van der Waals surface area (Å²) < 4.78 is 2.44. The lowest BCUT2D eigenvalue weighted by Gasteiger charge is -2.23. The number of piperidine rings is 1. The summed E-state index contributed by atoms with van der Waals surface area (Å²) in [5.74, 6) is 1.89. The summed E-state index contributed by atoms with van der Waals surface area (Å²) in [6, 6.07) is 8.52. The van der Waals surface area contributed by atoms with E-state index < -0.39 is 0 Å². The van der Waals surface area contributed by atoms with E-state index >= 15 is 0 Å². The monoisotopic (exact) mass is 272 g/mol. The van der Waals surface area contributed by atoms with Crippen molar-refractivity contribution in [2.45, 2.75) is 25.3 Å². The Labute approximate surface area is 120 Å². The largest absolute Gasteiger partial charge is 0.326 e. The summed E-state index contributed by atoms with van der Waals surface area (Å²) in [4.78, 5) is 7.17. The van der Waals surface area contributed by atoms with Crippen LogP contribution in [0, 0.1) is 0 Å². The maximum absolute atomic E-state index is 4.93. The molecule has 2 heterocycles. The first kappa shape index (κ1) is 13.6. The number of hydrogen-bond acceptors (Lipinski definition) is 3. The minimum absolute atomic E-state index is 0.603. The Bertz CT molecular complexity index is 567. The molecule has 1 saturated heterocycles. The number of rotatable bonds is 4. The molecule has 108 valence electrons. The maximum atomic E-state index is 4.93. The van der Waals surface area contributed by atoms with Gasteiger partial charge in [0.2, 0.25) is 0 Å². The van der Waals surface area contributed by atoms with Gasteiger partial charge in [0.25, 0.3) is 0 Å². The summed E-state index contributed by atoms with van der Waals surface area (Å²) in [5, 5.41) is 3.44. The highest BCUT2D eigenvalue weighted by Crippen LogP contribution is 2.28. The number of nitrogens with zero attached hydrogens (tertiary/aromatic N) is 3. The fraction of sp³-hybridized carbons (Fsp3) is 0.562. The van der Waals surface area contributed by atoms with Crippen LogP contribution in [0.25, 0.3) is 11.0 Å². The lowest BCUT2D eigenvalue weighted by atomic mass is 9.97. The second-order valence-electron chi connectivity index (χ2n) is 5.94. The van der Waals surface area contributed by atoms with Gasteiger partial charge in [-0.25, -0.2) is 4.98 Å². The first-order valence-electron chi connectivity index (χ1n) is 7.56. The molecule has 0 spiro atoms. The molecule has 0 saturated carbocycles. The SMILES string of the molecule is CN(C)CCn1c(C2CCNCC2)nc2ccccc21. The highest BCUT2D eigenvalue weighted by Gasteiger charge is 2.22. The first-order valence-corrected chi connectivity index (χ1v) is 7.56. The quantitative estimate of drug-likeness (QED) is 0.925. The van der Waals surface area contributed by atoms with E-state index in [1.165, 1.54) is 24.2 Å². The molecule has 20 heavy (non-hydrogen) atoms. The summed E-state index contributed by atoms with van der Waals surface area (Å²) in [7, 11) is 4.26. The maximum Gasteiger partial charge on any atom is 0.113 e. The minimum atomic E-state index is 0.603. The van der Waals surface area contributed by atoms with Crippen LogP contribution in [0.4, 0.5) is 0 Å². The number of para-hydroxylation sites is 2. The molecule has 4 heteroatoms. The van der Waals surface area contributed by atoms with Crippen LogP contribution in [-0.4, -0.2) is 48.2 Å². The summed E-state index contributed by atoms with van der Waals surface area (Å²) in [6.45, 7) is 4.30. The van der Waals surface area contributed by atoms with Crippen molar-refractivity contribution in [1.29, 1.82) is 0 Å². The number of fused-ring (bicyclic) bond motifs is 1. The molecule has 3 rings (SSSR count). The van der Waals surface area contributed by atoms with E-state index in [1.54, 1.807) is 0 Å². The van der Waals surface area contributed by atoms with Gasteiger partial charge in [-0.2, -0.15) is 0 Å². The lowest BCUT2D eigenvalue weighted by molar-refractivity contribution is 0.372. The Morgan fingerprint density at radius 2 is 2.00 bits per heavy atom. The van der Waals surface area contributed by atoms with Gasteiger partial charge in [0, 0.05) is 19.0 Å². The lowest BCUT2D eigenvalue weighted by Crippen LogP contribution is -2.29. The number of benzene rings is 1. The van der Waals surface area contributed by atoms with Gasteiger partial charge in [0.15, 0.2) is 0 Å².